The Morgan fingerprint density at radius 1 is 1.36 bits per heavy atom. The normalized spacial score (nSPS) is 14.0. The molecule has 120 valence electrons. The lowest BCUT2D eigenvalue weighted by atomic mass is 9.98. The first-order valence-corrected chi connectivity index (χ1v) is 7.72. The number of aryl methyl sites for hydroxylation is 1. The summed E-state index contributed by atoms with van der Waals surface area (Å²) < 4.78 is 15.3. The van der Waals surface area contributed by atoms with E-state index in [2.05, 4.69) is 17.3 Å². The molecule has 0 radical (unpaired) electrons. The van der Waals surface area contributed by atoms with E-state index in [-0.39, 0.29) is 18.5 Å². The largest absolute Gasteiger partial charge is 0.396 e. The molecule has 1 aromatic heterocycles. The van der Waals surface area contributed by atoms with Crippen LogP contribution in [0.5, 0.6) is 0 Å². The van der Waals surface area contributed by atoms with E-state index >= 15 is 0 Å². The van der Waals surface area contributed by atoms with Crippen LogP contribution in [0.3, 0.4) is 0 Å². The summed E-state index contributed by atoms with van der Waals surface area (Å²) in [5, 5.41) is 16.8. The van der Waals surface area contributed by atoms with Gasteiger partial charge in [0, 0.05) is 25.4 Å². The second-order valence-corrected chi connectivity index (χ2v) is 5.63. The number of benzene rings is 1. The maximum atomic E-state index is 13.6. The van der Waals surface area contributed by atoms with Crippen LogP contribution in [0, 0.1) is 11.7 Å². The zero-order chi connectivity index (χ0) is 15.9. The summed E-state index contributed by atoms with van der Waals surface area (Å²) >= 11 is 0. The summed E-state index contributed by atoms with van der Waals surface area (Å²) in [4.78, 5) is 0. The molecule has 2 N–H and O–H groups in total. The van der Waals surface area contributed by atoms with Crippen LogP contribution >= 0.6 is 0 Å². The highest BCUT2D eigenvalue weighted by atomic mass is 19.1. The first-order chi connectivity index (χ1) is 10.6. The number of rotatable bonds is 8. The fourth-order valence-electron chi connectivity index (χ4n) is 2.62. The van der Waals surface area contributed by atoms with Crippen molar-refractivity contribution in [3.05, 3.63) is 53.6 Å². The fraction of sp³-hybridized carbons (Fsp3) is 0.471. The van der Waals surface area contributed by atoms with Crippen molar-refractivity contribution in [3.63, 3.8) is 0 Å². The van der Waals surface area contributed by atoms with Crippen LogP contribution in [0.2, 0.25) is 0 Å². The van der Waals surface area contributed by atoms with Crippen molar-refractivity contribution >= 4 is 0 Å². The smallest absolute Gasteiger partial charge is 0.123 e. The van der Waals surface area contributed by atoms with Crippen molar-refractivity contribution in [2.45, 2.75) is 25.8 Å². The van der Waals surface area contributed by atoms with E-state index in [4.69, 9.17) is 5.11 Å². The van der Waals surface area contributed by atoms with E-state index in [0.29, 0.717) is 5.92 Å². The van der Waals surface area contributed by atoms with Crippen LogP contribution in [-0.4, -0.2) is 28.0 Å². The van der Waals surface area contributed by atoms with Crippen molar-refractivity contribution in [1.29, 1.82) is 0 Å². The van der Waals surface area contributed by atoms with Gasteiger partial charge in [-0.15, -0.1) is 0 Å². The quantitative estimate of drug-likeness (QED) is 0.788. The predicted octanol–water partition coefficient (Wildman–Crippen LogP) is 2.65. The maximum absolute atomic E-state index is 13.6. The Kier molecular flexibility index (Phi) is 6.10. The predicted molar refractivity (Wildman–Crippen MR) is 84.9 cm³/mol. The molecule has 1 heterocycles. The lowest BCUT2D eigenvalue weighted by Crippen LogP contribution is -2.28. The molecule has 2 unspecified atom stereocenters. The van der Waals surface area contributed by atoms with Crippen LogP contribution in [0.25, 0.3) is 0 Å². The van der Waals surface area contributed by atoms with E-state index in [1.165, 1.54) is 6.07 Å². The molecular weight excluding hydrogens is 281 g/mol. The van der Waals surface area contributed by atoms with Gasteiger partial charge >= 0.3 is 0 Å². The Morgan fingerprint density at radius 3 is 2.77 bits per heavy atom. The molecule has 0 saturated carbocycles. The zero-order valence-electron chi connectivity index (χ0n) is 13.2. The summed E-state index contributed by atoms with van der Waals surface area (Å²) in [6.07, 6.45) is 5.51. The standard InChI is InChI=1S/C17H24FN3O/c1-3-13(7-8-22)10-19-17(15-11-20-21(2)12-15)14-5-4-6-16(18)9-14/h4-6,9,11-13,17,19,22H,3,7-8,10H2,1-2H3. The van der Waals surface area contributed by atoms with E-state index in [9.17, 15) is 4.39 Å². The molecular formula is C17H24FN3O. The number of hydrogen-bond acceptors (Lipinski definition) is 3. The van der Waals surface area contributed by atoms with Gasteiger partial charge in [-0.25, -0.2) is 4.39 Å². The molecule has 2 atom stereocenters. The maximum Gasteiger partial charge on any atom is 0.123 e. The Hall–Kier alpha value is -1.72. The van der Waals surface area contributed by atoms with Crippen LogP contribution in [0.4, 0.5) is 4.39 Å². The van der Waals surface area contributed by atoms with Gasteiger partial charge in [0.2, 0.25) is 0 Å². The topological polar surface area (TPSA) is 50.1 Å². The molecule has 5 heteroatoms. The first-order valence-electron chi connectivity index (χ1n) is 7.72. The number of nitrogens with one attached hydrogen (secondary N) is 1. The molecule has 22 heavy (non-hydrogen) atoms. The Morgan fingerprint density at radius 2 is 2.18 bits per heavy atom. The lowest BCUT2D eigenvalue weighted by Gasteiger charge is -2.22. The number of hydrogen-bond donors (Lipinski definition) is 2. The number of aliphatic hydroxyl groups excluding tert-OH is 1. The second-order valence-electron chi connectivity index (χ2n) is 5.63. The third-order valence-electron chi connectivity index (χ3n) is 3.97. The molecule has 0 aliphatic rings. The van der Waals surface area contributed by atoms with Crippen molar-refractivity contribution in [2.24, 2.45) is 13.0 Å². The third-order valence-corrected chi connectivity index (χ3v) is 3.97. The van der Waals surface area contributed by atoms with Gasteiger partial charge in [0.1, 0.15) is 5.82 Å². The van der Waals surface area contributed by atoms with Crippen molar-refractivity contribution in [3.8, 4) is 0 Å². The van der Waals surface area contributed by atoms with E-state index in [0.717, 1.165) is 30.5 Å². The molecule has 0 fully saturated rings. The van der Waals surface area contributed by atoms with Gasteiger partial charge in [-0.3, -0.25) is 4.68 Å². The molecule has 0 amide bonds. The molecule has 2 rings (SSSR count). The van der Waals surface area contributed by atoms with Gasteiger partial charge in [0.25, 0.3) is 0 Å². The summed E-state index contributed by atoms with van der Waals surface area (Å²) in [5.74, 6) is 0.160. The van der Waals surface area contributed by atoms with Gasteiger partial charge in [0.15, 0.2) is 0 Å². The summed E-state index contributed by atoms with van der Waals surface area (Å²) in [6.45, 7) is 3.08. The second kappa shape index (κ2) is 8.06. The van der Waals surface area contributed by atoms with Gasteiger partial charge in [0.05, 0.1) is 12.2 Å². The highest BCUT2D eigenvalue weighted by Gasteiger charge is 2.17. The van der Waals surface area contributed by atoms with Crippen LogP contribution in [0.1, 0.15) is 36.9 Å². The molecule has 0 aliphatic heterocycles. The average molecular weight is 305 g/mol. The molecule has 0 bridgehead atoms. The van der Waals surface area contributed by atoms with E-state index in [1.54, 1.807) is 23.0 Å². The van der Waals surface area contributed by atoms with Crippen LogP contribution in [0.15, 0.2) is 36.7 Å². The Balaban J connectivity index is 2.19. The number of aliphatic hydroxyl groups is 1. The lowest BCUT2D eigenvalue weighted by molar-refractivity contribution is 0.250. The van der Waals surface area contributed by atoms with Gasteiger partial charge in [-0.1, -0.05) is 25.5 Å². The summed E-state index contributed by atoms with van der Waals surface area (Å²) in [5.41, 5.74) is 1.89. The monoisotopic (exact) mass is 305 g/mol. The minimum atomic E-state index is -0.240. The minimum Gasteiger partial charge on any atom is -0.396 e. The summed E-state index contributed by atoms with van der Waals surface area (Å²) in [6, 6.07) is 6.54. The van der Waals surface area contributed by atoms with Gasteiger partial charge in [-0.2, -0.15) is 5.10 Å². The molecule has 0 spiro atoms. The van der Waals surface area contributed by atoms with Gasteiger partial charge < -0.3 is 10.4 Å². The minimum absolute atomic E-state index is 0.0999. The molecule has 2 aromatic rings. The number of nitrogens with zero attached hydrogens (tertiary/aromatic N) is 2. The molecule has 0 saturated heterocycles. The zero-order valence-corrected chi connectivity index (χ0v) is 13.2. The molecule has 1 aromatic carbocycles. The molecule has 0 aliphatic carbocycles. The fourth-order valence-corrected chi connectivity index (χ4v) is 2.62. The van der Waals surface area contributed by atoms with Crippen LogP contribution < -0.4 is 5.32 Å². The highest BCUT2D eigenvalue weighted by Crippen LogP contribution is 2.23. The van der Waals surface area contributed by atoms with Crippen LogP contribution in [-0.2, 0) is 7.05 Å². The average Bonchev–Trinajstić information content (AvgIpc) is 2.93. The van der Waals surface area contributed by atoms with E-state index < -0.39 is 0 Å². The number of halogens is 1. The SMILES string of the molecule is CCC(CCO)CNC(c1cccc(F)c1)c1cnn(C)c1. The molecule has 4 nitrogen and oxygen atoms in total. The van der Waals surface area contributed by atoms with E-state index in [1.807, 2.05) is 19.3 Å². The van der Waals surface area contributed by atoms with Crippen molar-refractivity contribution in [1.82, 2.24) is 15.1 Å². The highest BCUT2D eigenvalue weighted by molar-refractivity contribution is 5.29. The number of aromatic nitrogens is 2. The Labute approximate surface area is 131 Å². The summed E-state index contributed by atoms with van der Waals surface area (Å²) in [7, 11) is 1.87. The van der Waals surface area contributed by atoms with Crippen molar-refractivity contribution < 1.29 is 9.50 Å². The first kappa shape index (κ1) is 16.6. The van der Waals surface area contributed by atoms with Gasteiger partial charge in [-0.05, 0) is 36.6 Å². The third kappa shape index (κ3) is 4.39. The Bertz CT molecular complexity index is 585. The van der Waals surface area contributed by atoms with Crippen molar-refractivity contribution in [2.75, 3.05) is 13.2 Å².